The number of benzene rings is 1. The summed E-state index contributed by atoms with van der Waals surface area (Å²) in [5, 5.41) is 4.32. The molecular formula is C23H24ClFN6O2S. The molecule has 2 atom stereocenters. The zero-order valence-corrected chi connectivity index (χ0v) is 20.4. The Morgan fingerprint density at radius 1 is 1.18 bits per heavy atom. The zero-order valence-electron chi connectivity index (χ0n) is 18.8. The van der Waals surface area contributed by atoms with Crippen LogP contribution in [0.25, 0.3) is 22.7 Å². The van der Waals surface area contributed by atoms with Crippen LogP contribution in [0.4, 0.5) is 4.39 Å². The van der Waals surface area contributed by atoms with Crippen LogP contribution in [0.2, 0.25) is 5.15 Å². The molecule has 34 heavy (non-hydrogen) atoms. The van der Waals surface area contributed by atoms with Gasteiger partial charge >= 0.3 is 0 Å². The van der Waals surface area contributed by atoms with E-state index in [1.807, 2.05) is 0 Å². The van der Waals surface area contributed by atoms with E-state index >= 15 is 4.39 Å². The maximum atomic E-state index is 15.2. The normalized spacial score (nSPS) is 25.9. The van der Waals surface area contributed by atoms with E-state index in [0.717, 1.165) is 12.8 Å². The minimum absolute atomic E-state index is 0.0968. The number of nitrogens with two attached hydrogens (primary N) is 1. The van der Waals surface area contributed by atoms with Gasteiger partial charge < -0.3 is 10.3 Å². The Balaban J connectivity index is 1.57. The van der Waals surface area contributed by atoms with Gasteiger partial charge in [0.2, 0.25) is 0 Å². The van der Waals surface area contributed by atoms with E-state index in [0.29, 0.717) is 41.4 Å². The summed E-state index contributed by atoms with van der Waals surface area (Å²) in [7, 11) is -1.20. The smallest absolute Gasteiger partial charge is 0.167 e. The number of halogens is 2. The molecule has 2 aromatic heterocycles. The van der Waals surface area contributed by atoms with Gasteiger partial charge in [0, 0.05) is 24.2 Å². The van der Waals surface area contributed by atoms with Crippen molar-refractivity contribution in [1.29, 1.82) is 0 Å². The van der Waals surface area contributed by atoms with Crippen LogP contribution < -0.4 is 5.73 Å². The van der Waals surface area contributed by atoms with Crippen LogP contribution in [0, 0.1) is 5.82 Å². The highest BCUT2D eigenvalue weighted by Crippen LogP contribution is 2.46. The van der Waals surface area contributed by atoms with Crippen molar-refractivity contribution in [2.45, 2.75) is 42.9 Å². The Hall–Kier alpha value is -2.85. The lowest BCUT2D eigenvalue weighted by Crippen LogP contribution is -2.56. The van der Waals surface area contributed by atoms with Gasteiger partial charge in [-0.25, -0.2) is 22.9 Å². The van der Waals surface area contributed by atoms with Gasteiger partial charge in [0.1, 0.15) is 38.5 Å². The topological polar surface area (TPSA) is 120 Å². The molecule has 1 aromatic carbocycles. The van der Waals surface area contributed by atoms with E-state index in [1.54, 1.807) is 32.2 Å². The Labute approximate surface area is 202 Å². The highest BCUT2D eigenvalue weighted by molar-refractivity contribution is 7.95. The fourth-order valence-electron chi connectivity index (χ4n) is 5.05. The van der Waals surface area contributed by atoms with E-state index in [2.05, 4.69) is 19.5 Å². The summed E-state index contributed by atoms with van der Waals surface area (Å²) in [5.74, 6) is 0.353. The third-order valence-electron chi connectivity index (χ3n) is 6.85. The first kappa shape index (κ1) is 22.9. The van der Waals surface area contributed by atoms with E-state index in [4.69, 9.17) is 26.9 Å². The van der Waals surface area contributed by atoms with E-state index in [1.165, 1.54) is 18.5 Å². The van der Waals surface area contributed by atoms with E-state index < -0.39 is 25.8 Å². The molecule has 3 heterocycles. The highest BCUT2D eigenvalue weighted by Gasteiger charge is 2.54. The standard InChI is InChI=1S/C23H24ClFN6O2S/c1-22(13-34(32,27-2)23(21(26)30-22)7-3-4-8-23)15-9-14(5-6-16(15)25)19-10-17(31-33-19)18-11-29-20(24)12-28-18/h5-6,9-12H,3-4,7-8,13H2,1-2H3,(H2,26,30)/t22-,34+/m0/s1. The molecule has 178 valence electrons. The van der Waals surface area contributed by atoms with Crippen LogP contribution in [-0.4, -0.2) is 42.7 Å². The minimum Gasteiger partial charge on any atom is -0.386 e. The van der Waals surface area contributed by atoms with Gasteiger partial charge in [0.05, 0.1) is 27.9 Å². The summed E-state index contributed by atoms with van der Waals surface area (Å²) in [6, 6.07) is 6.27. The van der Waals surface area contributed by atoms with Crippen LogP contribution in [0.3, 0.4) is 0 Å². The number of hydrogen-bond donors (Lipinski definition) is 1. The van der Waals surface area contributed by atoms with Crippen molar-refractivity contribution in [2.24, 2.45) is 15.1 Å². The average Bonchev–Trinajstić information content (AvgIpc) is 3.50. The SMILES string of the molecule is CN=[S@@]1(=O)C[C@@](C)(c2cc(-c3cc(-c4cnc(Cl)cn4)no3)ccc2F)N=C(N)C12CCCC2. The number of rotatable bonds is 3. The van der Waals surface area contributed by atoms with Gasteiger partial charge in [-0.15, -0.1) is 0 Å². The van der Waals surface area contributed by atoms with Gasteiger partial charge in [-0.05, 0) is 38.0 Å². The quantitative estimate of drug-likeness (QED) is 0.559. The first-order chi connectivity index (χ1) is 16.2. The lowest BCUT2D eigenvalue weighted by Gasteiger charge is -2.42. The molecule has 1 aliphatic carbocycles. The van der Waals surface area contributed by atoms with Crippen LogP contribution in [0.1, 0.15) is 38.2 Å². The van der Waals surface area contributed by atoms with Gasteiger partial charge in [-0.3, -0.25) is 4.99 Å². The van der Waals surface area contributed by atoms with Crippen molar-refractivity contribution in [1.82, 2.24) is 15.1 Å². The summed E-state index contributed by atoms with van der Waals surface area (Å²) in [6.07, 6.45) is 6.13. The summed E-state index contributed by atoms with van der Waals surface area (Å²) in [4.78, 5) is 12.9. The summed E-state index contributed by atoms with van der Waals surface area (Å²) in [6.45, 7) is 1.75. The summed E-state index contributed by atoms with van der Waals surface area (Å²) < 4.78 is 38.3. The molecule has 1 fully saturated rings. The Bertz CT molecular complexity index is 1410. The van der Waals surface area contributed by atoms with Crippen molar-refractivity contribution in [3.05, 3.63) is 53.2 Å². The van der Waals surface area contributed by atoms with Crippen molar-refractivity contribution in [3.8, 4) is 22.7 Å². The van der Waals surface area contributed by atoms with Crippen LogP contribution in [0.5, 0.6) is 0 Å². The molecule has 1 spiro atoms. The lowest BCUT2D eigenvalue weighted by atomic mass is 9.91. The maximum Gasteiger partial charge on any atom is 0.167 e. The molecule has 2 aliphatic rings. The second kappa shape index (κ2) is 8.13. The number of aliphatic imine (C=N–C) groups is 1. The number of amidine groups is 1. The molecule has 0 bridgehead atoms. The summed E-state index contributed by atoms with van der Waals surface area (Å²) >= 11 is 5.80. The number of aromatic nitrogens is 3. The predicted molar refractivity (Wildman–Crippen MR) is 129 cm³/mol. The monoisotopic (exact) mass is 502 g/mol. The van der Waals surface area contributed by atoms with Crippen molar-refractivity contribution in [2.75, 3.05) is 12.8 Å². The number of nitrogens with zero attached hydrogens (tertiary/aromatic N) is 5. The molecule has 0 saturated heterocycles. The molecule has 0 unspecified atom stereocenters. The molecule has 1 saturated carbocycles. The second-order valence-electron chi connectivity index (χ2n) is 8.94. The molecule has 5 rings (SSSR count). The Kier molecular flexibility index (Phi) is 5.48. The molecule has 0 radical (unpaired) electrons. The number of hydrogen-bond acceptors (Lipinski definition) is 8. The van der Waals surface area contributed by atoms with Gasteiger partial charge in [0.15, 0.2) is 5.76 Å². The first-order valence-electron chi connectivity index (χ1n) is 10.9. The Morgan fingerprint density at radius 2 is 1.94 bits per heavy atom. The van der Waals surface area contributed by atoms with E-state index in [-0.39, 0.29) is 16.5 Å². The third kappa shape index (κ3) is 3.51. The zero-order chi connectivity index (χ0) is 24.1. The molecule has 8 nitrogen and oxygen atoms in total. The van der Waals surface area contributed by atoms with Crippen LogP contribution in [-0.2, 0) is 15.3 Å². The van der Waals surface area contributed by atoms with Crippen molar-refractivity contribution in [3.63, 3.8) is 0 Å². The predicted octanol–water partition coefficient (Wildman–Crippen LogP) is 4.59. The van der Waals surface area contributed by atoms with Gasteiger partial charge in [-0.1, -0.05) is 29.6 Å². The molecule has 11 heteroatoms. The van der Waals surface area contributed by atoms with Crippen molar-refractivity contribution < 1.29 is 13.1 Å². The first-order valence-corrected chi connectivity index (χ1v) is 13.0. The average molecular weight is 503 g/mol. The van der Waals surface area contributed by atoms with E-state index in [9.17, 15) is 4.21 Å². The maximum absolute atomic E-state index is 15.2. The lowest BCUT2D eigenvalue weighted by molar-refractivity contribution is 0.434. The largest absolute Gasteiger partial charge is 0.386 e. The van der Waals surface area contributed by atoms with Gasteiger partial charge in [-0.2, -0.15) is 0 Å². The molecule has 2 N–H and O–H groups in total. The third-order valence-corrected chi connectivity index (χ3v) is 10.4. The fourth-order valence-corrected chi connectivity index (χ4v) is 8.18. The molecule has 3 aromatic rings. The highest BCUT2D eigenvalue weighted by atomic mass is 35.5. The second-order valence-corrected chi connectivity index (χ2v) is 12.0. The van der Waals surface area contributed by atoms with Crippen LogP contribution >= 0.6 is 11.6 Å². The van der Waals surface area contributed by atoms with Crippen molar-refractivity contribution >= 4 is 27.2 Å². The molecule has 1 aliphatic heterocycles. The fraction of sp³-hybridized carbons (Fsp3) is 0.391. The molecular weight excluding hydrogens is 479 g/mol. The molecule has 0 amide bonds. The Morgan fingerprint density at radius 3 is 2.62 bits per heavy atom. The summed E-state index contributed by atoms with van der Waals surface area (Å²) in [5.41, 5.74) is 7.14. The van der Waals surface area contributed by atoms with Gasteiger partial charge in [0.25, 0.3) is 0 Å². The minimum atomic E-state index is -2.76. The van der Waals surface area contributed by atoms with Crippen LogP contribution in [0.15, 0.2) is 50.5 Å².